The lowest BCUT2D eigenvalue weighted by Crippen LogP contribution is -2.11. The van der Waals surface area contributed by atoms with Crippen molar-refractivity contribution < 1.29 is 0 Å². The molecule has 0 saturated carbocycles. The molecule has 78 valence electrons. The molecule has 1 aromatic heterocycles. The number of nitrogens with zero attached hydrogens (tertiary/aromatic N) is 1. The van der Waals surface area contributed by atoms with Gasteiger partial charge in [0.15, 0.2) is 0 Å². The summed E-state index contributed by atoms with van der Waals surface area (Å²) in [4.78, 5) is 4.43. The first-order valence-electron chi connectivity index (χ1n) is 5.30. The molecule has 0 aliphatic carbocycles. The standard InChI is InChI=1S/C13H16N2/c1-10-3-4-12-11(9-10)5-8-15-13(12)6-7-14-2/h3-5,8-9,14H,6-7H2,1-2H3. The van der Waals surface area contributed by atoms with Crippen molar-refractivity contribution in [1.29, 1.82) is 0 Å². The molecule has 2 heteroatoms. The van der Waals surface area contributed by atoms with Gasteiger partial charge in [0.05, 0.1) is 0 Å². The fraction of sp³-hybridized carbons (Fsp3) is 0.308. The fourth-order valence-corrected chi connectivity index (χ4v) is 1.80. The Kier molecular flexibility index (Phi) is 2.97. The Balaban J connectivity index is 2.46. The number of hydrogen-bond acceptors (Lipinski definition) is 2. The minimum Gasteiger partial charge on any atom is -0.319 e. The van der Waals surface area contributed by atoms with Crippen molar-refractivity contribution in [3.8, 4) is 0 Å². The van der Waals surface area contributed by atoms with Gasteiger partial charge in [-0.25, -0.2) is 0 Å². The average Bonchev–Trinajstić information content (AvgIpc) is 2.25. The number of benzene rings is 1. The Morgan fingerprint density at radius 3 is 2.93 bits per heavy atom. The van der Waals surface area contributed by atoms with Crippen LogP contribution in [-0.2, 0) is 6.42 Å². The van der Waals surface area contributed by atoms with Gasteiger partial charge in [0.25, 0.3) is 0 Å². The maximum Gasteiger partial charge on any atom is 0.0494 e. The van der Waals surface area contributed by atoms with Crippen LogP contribution in [0.5, 0.6) is 0 Å². The van der Waals surface area contributed by atoms with Gasteiger partial charge in [0.1, 0.15) is 0 Å². The van der Waals surface area contributed by atoms with E-state index in [1.54, 1.807) is 0 Å². The van der Waals surface area contributed by atoms with Crippen LogP contribution < -0.4 is 5.32 Å². The van der Waals surface area contributed by atoms with Gasteiger partial charge in [-0.15, -0.1) is 0 Å². The Bertz CT molecular complexity index is 463. The summed E-state index contributed by atoms with van der Waals surface area (Å²) in [6.45, 7) is 3.09. The number of nitrogens with one attached hydrogen (secondary N) is 1. The van der Waals surface area contributed by atoms with E-state index in [0.29, 0.717) is 0 Å². The van der Waals surface area contributed by atoms with Crippen molar-refractivity contribution in [2.45, 2.75) is 13.3 Å². The van der Waals surface area contributed by atoms with Crippen LogP contribution >= 0.6 is 0 Å². The molecular weight excluding hydrogens is 184 g/mol. The second kappa shape index (κ2) is 4.41. The molecule has 2 aromatic rings. The number of likely N-dealkylation sites (N-methyl/N-ethyl adjacent to an activating group) is 1. The number of pyridine rings is 1. The molecule has 15 heavy (non-hydrogen) atoms. The maximum absolute atomic E-state index is 4.43. The number of fused-ring (bicyclic) bond motifs is 1. The van der Waals surface area contributed by atoms with E-state index in [-0.39, 0.29) is 0 Å². The number of aromatic nitrogens is 1. The summed E-state index contributed by atoms with van der Waals surface area (Å²) in [5, 5.41) is 5.72. The highest BCUT2D eigenvalue weighted by Gasteiger charge is 2.01. The van der Waals surface area contributed by atoms with E-state index in [9.17, 15) is 0 Å². The van der Waals surface area contributed by atoms with Crippen LogP contribution in [0.3, 0.4) is 0 Å². The molecular formula is C13H16N2. The molecule has 0 aliphatic heterocycles. The molecule has 1 heterocycles. The van der Waals surface area contributed by atoms with Gasteiger partial charge in [-0.1, -0.05) is 23.8 Å². The largest absolute Gasteiger partial charge is 0.319 e. The van der Waals surface area contributed by atoms with Crippen molar-refractivity contribution in [3.05, 3.63) is 41.7 Å². The number of hydrogen-bond donors (Lipinski definition) is 1. The third-order valence-electron chi connectivity index (χ3n) is 2.61. The van der Waals surface area contributed by atoms with Crippen LogP contribution in [-0.4, -0.2) is 18.6 Å². The average molecular weight is 200 g/mol. The van der Waals surface area contributed by atoms with Crippen molar-refractivity contribution in [2.75, 3.05) is 13.6 Å². The molecule has 0 bridgehead atoms. The molecule has 0 radical (unpaired) electrons. The van der Waals surface area contributed by atoms with Crippen LogP contribution in [0.25, 0.3) is 10.8 Å². The van der Waals surface area contributed by atoms with Crippen LogP contribution in [0, 0.1) is 6.92 Å². The van der Waals surface area contributed by atoms with E-state index < -0.39 is 0 Å². The third-order valence-corrected chi connectivity index (χ3v) is 2.61. The molecule has 0 atom stereocenters. The summed E-state index contributed by atoms with van der Waals surface area (Å²) in [5.74, 6) is 0. The first-order chi connectivity index (χ1) is 7.31. The lowest BCUT2D eigenvalue weighted by atomic mass is 10.1. The van der Waals surface area contributed by atoms with Crippen LogP contribution in [0.4, 0.5) is 0 Å². The van der Waals surface area contributed by atoms with Crippen molar-refractivity contribution in [2.24, 2.45) is 0 Å². The second-order valence-electron chi connectivity index (χ2n) is 3.84. The van der Waals surface area contributed by atoms with Crippen LogP contribution in [0.1, 0.15) is 11.3 Å². The van der Waals surface area contributed by atoms with Gasteiger partial charge in [0, 0.05) is 30.2 Å². The molecule has 0 unspecified atom stereocenters. The summed E-state index contributed by atoms with van der Waals surface area (Å²) < 4.78 is 0. The van der Waals surface area contributed by atoms with Crippen molar-refractivity contribution in [1.82, 2.24) is 10.3 Å². The lowest BCUT2D eigenvalue weighted by molar-refractivity contribution is 0.781. The van der Waals surface area contributed by atoms with Gasteiger partial charge in [-0.05, 0) is 25.4 Å². The van der Waals surface area contributed by atoms with Gasteiger partial charge in [0.2, 0.25) is 0 Å². The molecule has 0 fully saturated rings. The molecule has 0 aliphatic rings. The topological polar surface area (TPSA) is 24.9 Å². The zero-order valence-corrected chi connectivity index (χ0v) is 9.25. The van der Waals surface area contributed by atoms with Gasteiger partial charge < -0.3 is 5.32 Å². The highest BCUT2D eigenvalue weighted by molar-refractivity contribution is 5.85. The Labute approximate surface area is 90.3 Å². The smallest absolute Gasteiger partial charge is 0.0494 e. The summed E-state index contributed by atoms with van der Waals surface area (Å²) in [6.07, 6.45) is 2.88. The Morgan fingerprint density at radius 2 is 2.13 bits per heavy atom. The predicted molar refractivity (Wildman–Crippen MR) is 64.1 cm³/mol. The van der Waals surface area contributed by atoms with Gasteiger partial charge in [-0.3, -0.25) is 4.98 Å². The highest BCUT2D eigenvalue weighted by atomic mass is 14.8. The van der Waals surface area contributed by atoms with Crippen LogP contribution in [0.2, 0.25) is 0 Å². The van der Waals surface area contributed by atoms with Crippen LogP contribution in [0.15, 0.2) is 30.5 Å². The summed E-state index contributed by atoms with van der Waals surface area (Å²) >= 11 is 0. The zero-order chi connectivity index (χ0) is 10.7. The fourth-order valence-electron chi connectivity index (χ4n) is 1.80. The number of rotatable bonds is 3. The molecule has 1 aromatic carbocycles. The summed E-state index contributed by atoms with van der Waals surface area (Å²) in [7, 11) is 1.97. The second-order valence-corrected chi connectivity index (χ2v) is 3.84. The van der Waals surface area contributed by atoms with E-state index in [1.165, 1.54) is 22.0 Å². The number of aryl methyl sites for hydroxylation is 1. The van der Waals surface area contributed by atoms with E-state index in [2.05, 4.69) is 41.5 Å². The van der Waals surface area contributed by atoms with E-state index >= 15 is 0 Å². The molecule has 0 saturated heterocycles. The quantitative estimate of drug-likeness (QED) is 0.822. The molecule has 0 spiro atoms. The van der Waals surface area contributed by atoms with Gasteiger partial charge in [-0.2, -0.15) is 0 Å². The summed E-state index contributed by atoms with van der Waals surface area (Å²) in [5.41, 5.74) is 2.48. The highest BCUT2D eigenvalue weighted by Crippen LogP contribution is 2.18. The molecule has 0 amide bonds. The lowest BCUT2D eigenvalue weighted by Gasteiger charge is -2.05. The normalized spacial score (nSPS) is 10.8. The molecule has 1 N–H and O–H groups in total. The van der Waals surface area contributed by atoms with E-state index in [4.69, 9.17) is 0 Å². The predicted octanol–water partition coefficient (Wildman–Crippen LogP) is 2.31. The minimum absolute atomic E-state index is 0.972. The summed E-state index contributed by atoms with van der Waals surface area (Å²) in [6, 6.07) is 8.60. The van der Waals surface area contributed by atoms with Crippen molar-refractivity contribution in [3.63, 3.8) is 0 Å². The van der Waals surface area contributed by atoms with E-state index in [1.807, 2.05) is 13.2 Å². The third kappa shape index (κ3) is 2.16. The molecule has 2 nitrogen and oxygen atoms in total. The Morgan fingerprint density at radius 1 is 1.27 bits per heavy atom. The monoisotopic (exact) mass is 200 g/mol. The molecule has 2 rings (SSSR count). The first-order valence-corrected chi connectivity index (χ1v) is 5.30. The minimum atomic E-state index is 0.972. The first kappa shape index (κ1) is 10.1. The SMILES string of the molecule is CNCCc1nccc2cc(C)ccc12. The van der Waals surface area contributed by atoms with Crippen molar-refractivity contribution >= 4 is 10.8 Å². The van der Waals surface area contributed by atoms with E-state index in [0.717, 1.165) is 13.0 Å². The maximum atomic E-state index is 4.43. The zero-order valence-electron chi connectivity index (χ0n) is 9.25. The van der Waals surface area contributed by atoms with Gasteiger partial charge >= 0.3 is 0 Å². The Hall–Kier alpha value is -1.41.